The molecule has 1 aromatic carbocycles. The monoisotopic (exact) mass is 436 g/mol. The zero-order valence-electron chi connectivity index (χ0n) is 17.9. The summed E-state index contributed by atoms with van der Waals surface area (Å²) in [5.74, 6) is -1.05. The van der Waals surface area contributed by atoms with Crippen molar-refractivity contribution in [2.24, 2.45) is 0 Å². The third-order valence-corrected chi connectivity index (χ3v) is 7.50. The summed E-state index contributed by atoms with van der Waals surface area (Å²) >= 11 is 0. The predicted octanol–water partition coefficient (Wildman–Crippen LogP) is 1.76. The molecule has 32 heavy (non-hydrogen) atoms. The number of aliphatic hydroxyl groups is 1. The van der Waals surface area contributed by atoms with Gasteiger partial charge in [-0.3, -0.25) is 4.79 Å². The van der Waals surface area contributed by atoms with Crippen LogP contribution in [0.15, 0.2) is 16.9 Å². The van der Waals surface area contributed by atoms with E-state index in [9.17, 15) is 19.1 Å². The lowest BCUT2D eigenvalue weighted by molar-refractivity contribution is -0.428. The maximum absolute atomic E-state index is 14.7. The number of aryl methyl sites for hydroxylation is 1. The lowest BCUT2D eigenvalue weighted by atomic mass is 9.82. The fourth-order valence-electron chi connectivity index (χ4n) is 5.65. The maximum atomic E-state index is 14.7. The third-order valence-electron chi connectivity index (χ3n) is 7.50. The molecule has 0 bridgehead atoms. The summed E-state index contributed by atoms with van der Waals surface area (Å²) in [5.41, 5.74) is 7.95. The summed E-state index contributed by atoms with van der Waals surface area (Å²) in [6.45, 7) is 3.63. The number of hydrogen-bond donors (Lipinski definition) is 2. The summed E-state index contributed by atoms with van der Waals surface area (Å²) < 4.78 is 21.4. The SMILES string of the molecule is CC[C@@]1(O)C(=O)OCc2c1cc1n(c2=O)Cc2c-1nc1cc(F)c(C)c3c1c2[C@@H]([NH3+])CC3. The second-order valence-electron chi connectivity index (χ2n) is 9.05. The predicted molar refractivity (Wildman–Crippen MR) is 113 cm³/mol. The van der Waals surface area contributed by atoms with E-state index in [0.29, 0.717) is 29.0 Å². The molecule has 2 atom stereocenters. The number of carbonyl (C=O) groups excluding carboxylic acids is 1. The zero-order valence-corrected chi connectivity index (χ0v) is 17.9. The van der Waals surface area contributed by atoms with Crippen LogP contribution in [-0.2, 0) is 34.7 Å². The zero-order chi connectivity index (χ0) is 22.5. The Balaban J connectivity index is 1.70. The van der Waals surface area contributed by atoms with Crippen LogP contribution in [0.4, 0.5) is 4.39 Å². The number of aromatic nitrogens is 2. The normalized spacial score (nSPS) is 23.0. The van der Waals surface area contributed by atoms with Crippen molar-refractivity contribution in [2.75, 3.05) is 0 Å². The number of fused-ring (bicyclic) bond motifs is 5. The second-order valence-corrected chi connectivity index (χ2v) is 9.05. The molecule has 6 rings (SSSR count). The second kappa shape index (κ2) is 6.24. The summed E-state index contributed by atoms with van der Waals surface area (Å²) in [4.78, 5) is 30.6. The van der Waals surface area contributed by atoms with Crippen molar-refractivity contribution < 1.29 is 24.8 Å². The molecule has 3 aliphatic rings. The Morgan fingerprint density at radius 1 is 1.31 bits per heavy atom. The number of nitrogens with zero attached hydrogens (tertiary/aromatic N) is 2. The first-order chi connectivity index (χ1) is 15.3. The molecule has 164 valence electrons. The molecule has 0 spiro atoms. The molecule has 4 N–H and O–H groups in total. The Hall–Kier alpha value is -3.10. The van der Waals surface area contributed by atoms with E-state index in [0.717, 1.165) is 34.9 Å². The van der Waals surface area contributed by atoms with Gasteiger partial charge in [-0.15, -0.1) is 0 Å². The molecule has 2 aliphatic heterocycles. The van der Waals surface area contributed by atoms with Crippen molar-refractivity contribution in [3.05, 3.63) is 61.7 Å². The average Bonchev–Trinajstić information content (AvgIpc) is 3.14. The van der Waals surface area contributed by atoms with Crippen molar-refractivity contribution in [3.63, 3.8) is 0 Å². The van der Waals surface area contributed by atoms with Gasteiger partial charge in [-0.2, -0.15) is 0 Å². The molecule has 2 aromatic heterocycles. The van der Waals surface area contributed by atoms with Crippen LogP contribution >= 0.6 is 0 Å². The van der Waals surface area contributed by atoms with Crippen LogP contribution in [0.25, 0.3) is 22.3 Å². The number of ether oxygens (including phenoxy) is 1. The summed E-state index contributed by atoms with van der Waals surface area (Å²) in [7, 11) is 0. The maximum Gasteiger partial charge on any atom is 0.343 e. The Morgan fingerprint density at radius 2 is 2.09 bits per heavy atom. The van der Waals surface area contributed by atoms with Crippen molar-refractivity contribution in [2.45, 2.75) is 57.9 Å². The van der Waals surface area contributed by atoms with Gasteiger partial charge in [0.1, 0.15) is 18.5 Å². The van der Waals surface area contributed by atoms with Gasteiger partial charge >= 0.3 is 5.97 Å². The molecule has 1 aliphatic carbocycles. The number of benzene rings is 1. The first-order valence-corrected chi connectivity index (χ1v) is 10.9. The largest absolute Gasteiger partial charge is 0.458 e. The van der Waals surface area contributed by atoms with Crippen LogP contribution in [0.2, 0.25) is 0 Å². The Morgan fingerprint density at radius 3 is 2.84 bits per heavy atom. The van der Waals surface area contributed by atoms with Crippen LogP contribution in [0.1, 0.15) is 59.2 Å². The van der Waals surface area contributed by atoms with Crippen LogP contribution < -0.4 is 11.3 Å². The molecule has 3 aromatic rings. The smallest absolute Gasteiger partial charge is 0.343 e. The van der Waals surface area contributed by atoms with Gasteiger partial charge in [0.05, 0.1) is 29.0 Å². The van der Waals surface area contributed by atoms with Crippen LogP contribution in [-0.4, -0.2) is 20.6 Å². The highest BCUT2D eigenvalue weighted by molar-refractivity contribution is 5.93. The average molecular weight is 436 g/mol. The number of quaternary nitrogens is 1. The minimum Gasteiger partial charge on any atom is -0.458 e. The Bertz CT molecular complexity index is 1440. The van der Waals surface area contributed by atoms with Crippen molar-refractivity contribution >= 4 is 16.9 Å². The number of cyclic esters (lactones) is 1. The van der Waals surface area contributed by atoms with Gasteiger partial charge in [-0.25, -0.2) is 14.2 Å². The van der Waals surface area contributed by atoms with Crippen molar-refractivity contribution in [1.82, 2.24) is 9.55 Å². The lowest BCUT2D eigenvalue weighted by Gasteiger charge is -2.31. The molecule has 0 amide bonds. The molecule has 0 radical (unpaired) electrons. The van der Waals surface area contributed by atoms with Gasteiger partial charge in [0.15, 0.2) is 5.60 Å². The third kappa shape index (κ3) is 2.23. The van der Waals surface area contributed by atoms with Crippen LogP contribution in [0, 0.1) is 12.7 Å². The van der Waals surface area contributed by atoms with E-state index in [1.165, 1.54) is 6.07 Å². The number of pyridine rings is 2. The van der Waals surface area contributed by atoms with E-state index in [1.807, 2.05) is 0 Å². The standard InChI is InChI=1S/C24H22FN3O4/c1-3-24(31)14-6-18-21-12(8-28(18)22(29)13(14)9-32-23(24)30)19-16(26)5-4-11-10(2)15(25)7-17(27-21)20(11)19/h6-7,16,31H,3-5,8-9,26H2,1-2H3/p+1/t16-,24-/m0/s1. The Kier molecular flexibility index (Phi) is 3.81. The number of carbonyl (C=O) groups is 1. The minimum atomic E-state index is -1.87. The van der Waals surface area contributed by atoms with Crippen LogP contribution in [0.5, 0.6) is 0 Å². The number of esters is 1. The topological polar surface area (TPSA) is 109 Å². The lowest BCUT2D eigenvalue weighted by Crippen LogP contribution is -2.54. The molecule has 0 fully saturated rings. The van der Waals surface area contributed by atoms with Gasteiger partial charge in [0, 0.05) is 34.6 Å². The first-order valence-electron chi connectivity index (χ1n) is 10.9. The number of rotatable bonds is 1. The highest BCUT2D eigenvalue weighted by atomic mass is 19.1. The van der Waals surface area contributed by atoms with E-state index in [4.69, 9.17) is 9.72 Å². The quantitative estimate of drug-likeness (QED) is 0.442. The highest BCUT2D eigenvalue weighted by Gasteiger charge is 2.45. The molecule has 7 nitrogen and oxygen atoms in total. The molecule has 4 heterocycles. The van der Waals surface area contributed by atoms with E-state index in [2.05, 4.69) is 5.73 Å². The summed E-state index contributed by atoms with van der Waals surface area (Å²) in [6, 6.07) is 3.14. The molecular weight excluding hydrogens is 413 g/mol. The fourth-order valence-corrected chi connectivity index (χ4v) is 5.65. The van der Waals surface area contributed by atoms with Gasteiger partial charge in [0.2, 0.25) is 0 Å². The molecule has 0 unspecified atom stereocenters. The number of hydrogen-bond acceptors (Lipinski definition) is 5. The molecular formula is C24H23FN3O4+. The number of halogens is 1. The molecule has 0 saturated carbocycles. The van der Waals surface area contributed by atoms with Crippen molar-refractivity contribution in [1.29, 1.82) is 0 Å². The van der Waals surface area contributed by atoms with Gasteiger partial charge in [-0.1, -0.05) is 6.92 Å². The van der Waals surface area contributed by atoms with Crippen molar-refractivity contribution in [3.8, 4) is 11.4 Å². The summed E-state index contributed by atoms with van der Waals surface area (Å²) in [5, 5.41) is 12.0. The fraction of sp³-hybridized carbons (Fsp3) is 0.375. The molecule has 0 saturated heterocycles. The summed E-state index contributed by atoms with van der Waals surface area (Å²) in [6.07, 6.45) is 1.62. The van der Waals surface area contributed by atoms with Crippen LogP contribution in [0.3, 0.4) is 0 Å². The van der Waals surface area contributed by atoms with E-state index < -0.39 is 11.6 Å². The van der Waals surface area contributed by atoms with E-state index in [-0.39, 0.29) is 41.6 Å². The molecule has 8 heteroatoms. The highest BCUT2D eigenvalue weighted by Crippen LogP contribution is 2.44. The van der Waals surface area contributed by atoms with Gasteiger partial charge < -0.3 is 20.1 Å². The van der Waals surface area contributed by atoms with Gasteiger partial charge in [0.25, 0.3) is 5.56 Å². The minimum absolute atomic E-state index is 0.00346. The Labute approximate surface area is 182 Å². The first kappa shape index (κ1) is 19.6. The van der Waals surface area contributed by atoms with Gasteiger partial charge in [-0.05, 0) is 37.0 Å². The van der Waals surface area contributed by atoms with E-state index in [1.54, 1.807) is 24.5 Å². The van der Waals surface area contributed by atoms with E-state index >= 15 is 0 Å².